The molecule has 2 heterocycles. The highest BCUT2D eigenvalue weighted by atomic mass is 19.4. The maximum Gasteiger partial charge on any atom is 0.435 e. The Morgan fingerprint density at radius 1 is 0.886 bits per heavy atom. The molecule has 1 N–H and O–H groups in total. The molecular weight excluding hydrogens is 447 g/mol. The number of halogens is 3. The van der Waals surface area contributed by atoms with E-state index in [-0.39, 0.29) is 11.1 Å². The van der Waals surface area contributed by atoms with Gasteiger partial charge >= 0.3 is 6.18 Å². The van der Waals surface area contributed by atoms with Crippen molar-refractivity contribution in [3.05, 3.63) is 83.2 Å². The van der Waals surface area contributed by atoms with Crippen molar-refractivity contribution in [2.75, 3.05) is 0 Å². The molecule has 0 bridgehead atoms. The van der Waals surface area contributed by atoms with Crippen LogP contribution in [0.4, 0.5) is 13.2 Å². The molecule has 0 amide bonds. The first-order valence-electron chi connectivity index (χ1n) is 12.1. The first-order valence-corrected chi connectivity index (χ1v) is 12.1. The number of nitrogens with one attached hydrogen (secondary N) is 1. The molecule has 0 saturated heterocycles. The standard InChI is InChI=1S/C29H28F3N3/c1-4-5-6-9-18-14-22-20-10-7-8-11-23(20)28(2,3)24(22)16-21(18)19-12-13-33-25(15-19)26-17-27(35-34-26)29(30,31)32/h7-8,10-17H,4-6,9H2,1-3H3,(H,34,35). The van der Waals surface area contributed by atoms with Crippen LogP contribution in [0.5, 0.6) is 0 Å². The molecule has 1 aliphatic rings. The molecule has 0 spiro atoms. The first-order chi connectivity index (χ1) is 16.7. The second-order valence-electron chi connectivity index (χ2n) is 9.78. The zero-order valence-electron chi connectivity index (χ0n) is 20.1. The molecule has 0 saturated carbocycles. The van der Waals surface area contributed by atoms with Gasteiger partial charge in [-0.1, -0.05) is 63.9 Å². The molecular formula is C29H28F3N3. The molecule has 0 atom stereocenters. The zero-order chi connectivity index (χ0) is 24.8. The normalized spacial score (nSPS) is 14.1. The lowest BCUT2D eigenvalue weighted by molar-refractivity contribution is -0.141. The van der Waals surface area contributed by atoms with Crippen molar-refractivity contribution in [2.45, 2.75) is 58.0 Å². The maximum atomic E-state index is 13.1. The van der Waals surface area contributed by atoms with Crippen LogP contribution in [0, 0.1) is 0 Å². The number of nitrogens with zero attached hydrogens (tertiary/aromatic N) is 2. The van der Waals surface area contributed by atoms with Crippen molar-refractivity contribution in [1.29, 1.82) is 0 Å². The molecule has 1 aliphatic carbocycles. The number of H-pyrrole nitrogens is 1. The van der Waals surface area contributed by atoms with Crippen LogP contribution in [0.25, 0.3) is 33.6 Å². The summed E-state index contributed by atoms with van der Waals surface area (Å²) in [7, 11) is 0. The van der Waals surface area contributed by atoms with Crippen molar-refractivity contribution in [1.82, 2.24) is 15.2 Å². The van der Waals surface area contributed by atoms with E-state index in [0.717, 1.165) is 42.9 Å². The van der Waals surface area contributed by atoms with Gasteiger partial charge in [0.1, 0.15) is 0 Å². The van der Waals surface area contributed by atoms with Crippen LogP contribution in [-0.4, -0.2) is 15.2 Å². The minimum atomic E-state index is -4.50. The van der Waals surface area contributed by atoms with Gasteiger partial charge in [0.25, 0.3) is 0 Å². The number of hydrogen-bond acceptors (Lipinski definition) is 2. The third-order valence-corrected chi connectivity index (χ3v) is 7.07. The molecule has 2 aromatic carbocycles. The molecule has 0 fully saturated rings. The summed E-state index contributed by atoms with van der Waals surface area (Å²) in [5.74, 6) is 0. The number of fused-ring (bicyclic) bond motifs is 3. The predicted octanol–water partition coefficient (Wildman–Crippen LogP) is 8.20. The number of pyridine rings is 1. The van der Waals surface area contributed by atoms with Crippen LogP contribution in [0.3, 0.4) is 0 Å². The number of unbranched alkanes of at least 4 members (excludes halogenated alkanes) is 2. The van der Waals surface area contributed by atoms with Gasteiger partial charge < -0.3 is 0 Å². The van der Waals surface area contributed by atoms with E-state index in [0.29, 0.717) is 5.69 Å². The number of rotatable bonds is 6. The smallest absolute Gasteiger partial charge is 0.276 e. The van der Waals surface area contributed by atoms with Crippen LogP contribution in [0.2, 0.25) is 0 Å². The van der Waals surface area contributed by atoms with Crippen LogP contribution >= 0.6 is 0 Å². The van der Waals surface area contributed by atoms with E-state index in [4.69, 9.17) is 0 Å². The largest absolute Gasteiger partial charge is 0.435 e. The third-order valence-electron chi connectivity index (χ3n) is 7.07. The lowest BCUT2D eigenvalue weighted by Crippen LogP contribution is -2.15. The van der Waals surface area contributed by atoms with E-state index in [1.807, 2.05) is 12.1 Å². The summed E-state index contributed by atoms with van der Waals surface area (Å²) < 4.78 is 39.2. The molecule has 6 heteroatoms. The summed E-state index contributed by atoms with van der Waals surface area (Å²) >= 11 is 0. The Bertz CT molecular complexity index is 1380. The Hall–Kier alpha value is -3.41. The second-order valence-corrected chi connectivity index (χ2v) is 9.78. The van der Waals surface area contributed by atoms with E-state index in [1.165, 1.54) is 27.8 Å². The quantitative estimate of drug-likeness (QED) is 0.286. The van der Waals surface area contributed by atoms with E-state index in [2.05, 4.69) is 72.4 Å². The van der Waals surface area contributed by atoms with Gasteiger partial charge in [-0.25, -0.2) is 0 Å². The summed E-state index contributed by atoms with van der Waals surface area (Å²) in [5.41, 5.74) is 8.06. The van der Waals surface area contributed by atoms with Gasteiger partial charge in [-0.2, -0.15) is 18.3 Å². The number of aromatic amines is 1. The Labute approximate surface area is 203 Å². The van der Waals surface area contributed by atoms with Crippen LogP contribution in [0.15, 0.2) is 60.8 Å². The maximum absolute atomic E-state index is 13.1. The highest BCUT2D eigenvalue weighted by molar-refractivity contribution is 5.85. The van der Waals surface area contributed by atoms with E-state index in [1.54, 1.807) is 6.20 Å². The molecule has 180 valence electrons. The van der Waals surface area contributed by atoms with Gasteiger partial charge in [-0.3, -0.25) is 10.1 Å². The van der Waals surface area contributed by atoms with Gasteiger partial charge in [-0.15, -0.1) is 0 Å². The Morgan fingerprint density at radius 2 is 1.69 bits per heavy atom. The van der Waals surface area contributed by atoms with Gasteiger partial charge in [0.15, 0.2) is 5.69 Å². The van der Waals surface area contributed by atoms with E-state index >= 15 is 0 Å². The minimum absolute atomic E-state index is 0.135. The Morgan fingerprint density at radius 3 is 2.43 bits per heavy atom. The molecule has 4 aromatic rings. The van der Waals surface area contributed by atoms with Crippen molar-refractivity contribution in [3.63, 3.8) is 0 Å². The summed E-state index contributed by atoms with van der Waals surface area (Å²) in [6.07, 6.45) is 1.46. The lowest BCUT2D eigenvalue weighted by atomic mass is 9.80. The number of aryl methyl sites for hydroxylation is 1. The van der Waals surface area contributed by atoms with E-state index in [9.17, 15) is 13.2 Å². The molecule has 0 unspecified atom stereocenters. The Balaban J connectivity index is 1.63. The predicted molar refractivity (Wildman–Crippen MR) is 133 cm³/mol. The average Bonchev–Trinajstić information content (AvgIpc) is 3.42. The van der Waals surface area contributed by atoms with Gasteiger partial charge in [0.2, 0.25) is 0 Å². The molecule has 0 aliphatic heterocycles. The summed E-state index contributed by atoms with van der Waals surface area (Å²) in [6.45, 7) is 6.69. The summed E-state index contributed by atoms with van der Waals surface area (Å²) in [6, 6.07) is 18.0. The second kappa shape index (κ2) is 8.67. The van der Waals surface area contributed by atoms with Gasteiger partial charge in [-0.05, 0) is 76.1 Å². The van der Waals surface area contributed by atoms with Crippen LogP contribution < -0.4 is 0 Å². The highest BCUT2D eigenvalue weighted by Gasteiger charge is 2.36. The number of benzene rings is 2. The summed E-state index contributed by atoms with van der Waals surface area (Å²) in [5, 5.41) is 5.93. The average molecular weight is 476 g/mol. The molecule has 2 aromatic heterocycles. The fourth-order valence-electron chi connectivity index (χ4n) is 5.18. The first kappa shape index (κ1) is 23.3. The van der Waals surface area contributed by atoms with Crippen molar-refractivity contribution < 1.29 is 13.2 Å². The fourth-order valence-corrected chi connectivity index (χ4v) is 5.18. The molecule has 35 heavy (non-hydrogen) atoms. The van der Waals surface area contributed by atoms with Crippen molar-refractivity contribution in [3.8, 4) is 33.6 Å². The molecule has 3 nitrogen and oxygen atoms in total. The zero-order valence-corrected chi connectivity index (χ0v) is 20.1. The lowest BCUT2D eigenvalue weighted by Gasteiger charge is -2.23. The van der Waals surface area contributed by atoms with E-state index < -0.39 is 11.9 Å². The number of hydrogen-bond donors (Lipinski definition) is 1. The van der Waals surface area contributed by atoms with Crippen molar-refractivity contribution >= 4 is 0 Å². The van der Waals surface area contributed by atoms with Gasteiger partial charge in [0, 0.05) is 11.6 Å². The fraction of sp³-hybridized carbons (Fsp3) is 0.310. The van der Waals surface area contributed by atoms with Crippen LogP contribution in [0.1, 0.15) is 62.4 Å². The SMILES string of the molecule is CCCCCc1cc2c(cc1-c1ccnc(-c3cc(C(F)(F)F)n[nH]3)c1)C(C)(C)c1ccccc1-2. The topological polar surface area (TPSA) is 41.6 Å². The number of aromatic nitrogens is 3. The Kier molecular flexibility index (Phi) is 5.78. The van der Waals surface area contributed by atoms with Gasteiger partial charge in [0.05, 0.1) is 11.4 Å². The van der Waals surface area contributed by atoms with Crippen LogP contribution in [-0.2, 0) is 18.0 Å². The highest BCUT2D eigenvalue weighted by Crippen LogP contribution is 2.50. The summed E-state index contributed by atoms with van der Waals surface area (Å²) in [4.78, 5) is 4.33. The van der Waals surface area contributed by atoms with Crippen molar-refractivity contribution in [2.24, 2.45) is 0 Å². The molecule has 0 radical (unpaired) electrons. The minimum Gasteiger partial charge on any atom is -0.276 e. The molecule has 5 rings (SSSR count). The monoisotopic (exact) mass is 475 g/mol. The third kappa shape index (κ3) is 4.15. The number of alkyl halides is 3.